The quantitative estimate of drug-likeness (QED) is 0.739. The van der Waals surface area contributed by atoms with Crippen molar-refractivity contribution in [1.29, 1.82) is 0 Å². The summed E-state index contributed by atoms with van der Waals surface area (Å²) in [6.45, 7) is 0. The fourth-order valence-corrected chi connectivity index (χ4v) is 3.49. The van der Waals surface area contributed by atoms with Crippen LogP contribution >= 0.6 is 11.6 Å². The molecule has 0 radical (unpaired) electrons. The molecule has 1 atom stereocenters. The fraction of sp³-hybridized carbons (Fsp3) is 0.200. The molecule has 1 N–H and O–H groups in total. The van der Waals surface area contributed by atoms with Crippen LogP contribution in [0, 0.1) is 0 Å². The molecular formula is C20H18ClN3O3. The number of aromatic nitrogens is 2. The number of carbonyl (C=O) groups excluding carboxylic acids is 1. The Kier molecular flexibility index (Phi) is 4.49. The molecule has 1 amide bonds. The van der Waals surface area contributed by atoms with Crippen molar-refractivity contribution in [1.82, 2.24) is 9.78 Å². The number of anilines is 1. The van der Waals surface area contributed by atoms with Crippen LogP contribution in [0.4, 0.5) is 5.82 Å². The van der Waals surface area contributed by atoms with E-state index >= 15 is 0 Å². The molecule has 0 saturated heterocycles. The highest BCUT2D eigenvalue weighted by molar-refractivity contribution is 6.30. The van der Waals surface area contributed by atoms with E-state index in [-0.39, 0.29) is 11.8 Å². The van der Waals surface area contributed by atoms with Crippen molar-refractivity contribution in [3.05, 3.63) is 64.8 Å². The normalized spacial score (nSPS) is 15.8. The van der Waals surface area contributed by atoms with Gasteiger partial charge < -0.3 is 14.8 Å². The number of nitrogens with zero attached hydrogens (tertiary/aromatic N) is 2. The third-order valence-electron chi connectivity index (χ3n) is 4.70. The van der Waals surface area contributed by atoms with Gasteiger partial charge in [0, 0.05) is 22.9 Å². The van der Waals surface area contributed by atoms with Crippen LogP contribution in [-0.4, -0.2) is 29.9 Å². The molecule has 0 fully saturated rings. The summed E-state index contributed by atoms with van der Waals surface area (Å²) in [7, 11) is 3.19. The second-order valence-corrected chi connectivity index (χ2v) is 6.69. The van der Waals surface area contributed by atoms with Gasteiger partial charge in [-0.15, -0.1) is 0 Å². The highest BCUT2D eigenvalue weighted by Crippen LogP contribution is 2.40. The Morgan fingerprint density at radius 3 is 2.56 bits per heavy atom. The molecule has 0 bridgehead atoms. The number of hydrogen-bond donors (Lipinski definition) is 1. The van der Waals surface area contributed by atoms with Crippen molar-refractivity contribution >= 4 is 23.3 Å². The molecule has 3 aromatic rings. The first-order chi connectivity index (χ1) is 13.1. The first-order valence-electron chi connectivity index (χ1n) is 8.46. The minimum Gasteiger partial charge on any atom is -0.493 e. The molecule has 1 aliphatic heterocycles. The lowest BCUT2D eigenvalue weighted by Crippen LogP contribution is -2.24. The van der Waals surface area contributed by atoms with Gasteiger partial charge in [-0.05, 0) is 42.0 Å². The molecule has 138 valence electrons. The lowest BCUT2D eigenvalue weighted by molar-refractivity contribution is -0.116. The minimum absolute atomic E-state index is 0.0574. The number of ether oxygens (including phenoxy) is 2. The van der Waals surface area contributed by atoms with Crippen LogP contribution in [0.2, 0.25) is 5.02 Å². The van der Waals surface area contributed by atoms with E-state index in [1.807, 2.05) is 30.3 Å². The summed E-state index contributed by atoms with van der Waals surface area (Å²) in [4.78, 5) is 12.4. The Morgan fingerprint density at radius 1 is 1.11 bits per heavy atom. The number of hydrogen-bond acceptors (Lipinski definition) is 4. The minimum atomic E-state index is -0.116. The average molecular weight is 384 g/mol. The fourth-order valence-electron chi connectivity index (χ4n) is 3.36. The summed E-state index contributed by atoms with van der Waals surface area (Å²) < 4.78 is 12.4. The van der Waals surface area contributed by atoms with Crippen molar-refractivity contribution in [2.24, 2.45) is 0 Å². The second kappa shape index (κ2) is 6.96. The molecular weight excluding hydrogens is 366 g/mol. The van der Waals surface area contributed by atoms with Gasteiger partial charge in [0.1, 0.15) is 5.82 Å². The standard InChI is InChI=1S/C20H18ClN3O3/c1-26-17-8-3-12(9-18(17)27-2)15-10-19(25)23-20-16(15)11-22-24(20)14-6-4-13(21)5-7-14/h3-9,11,15H,10H2,1-2H3,(H,23,25)/t15-/m0/s1. The van der Waals surface area contributed by atoms with Crippen LogP contribution in [0.15, 0.2) is 48.7 Å². The largest absolute Gasteiger partial charge is 0.493 e. The van der Waals surface area contributed by atoms with Crippen LogP contribution in [0.1, 0.15) is 23.5 Å². The lowest BCUT2D eigenvalue weighted by Gasteiger charge is -2.24. The van der Waals surface area contributed by atoms with Gasteiger partial charge in [-0.1, -0.05) is 17.7 Å². The zero-order valence-electron chi connectivity index (χ0n) is 14.9. The van der Waals surface area contributed by atoms with E-state index in [0.717, 1.165) is 16.8 Å². The number of methoxy groups -OCH3 is 2. The maximum Gasteiger partial charge on any atom is 0.226 e. The van der Waals surface area contributed by atoms with E-state index in [2.05, 4.69) is 10.4 Å². The Labute approximate surface area is 161 Å². The van der Waals surface area contributed by atoms with Gasteiger partial charge in [0.2, 0.25) is 5.91 Å². The molecule has 2 aromatic carbocycles. The van der Waals surface area contributed by atoms with Gasteiger partial charge in [-0.2, -0.15) is 5.10 Å². The Hall–Kier alpha value is -2.99. The maximum absolute atomic E-state index is 12.4. The van der Waals surface area contributed by atoms with Gasteiger partial charge in [0.25, 0.3) is 0 Å². The molecule has 6 nitrogen and oxygen atoms in total. The Morgan fingerprint density at radius 2 is 1.85 bits per heavy atom. The Balaban J connectivity index is 1.78. The second-order valence-electron chi connectivity index (χ2n) is 6.26. The smallest absolute Gasteiger partial charge is 0.226 e. The molecule has 7 heteroatoms. The van der Waals surface area contributed by atoms with Gasteiger partial charge in [0.15, 0.2) is 11.5 Å². The Bertz CT molecular complexity index is 998. The number of fused-ring (bicyclic) bond motifs is 1. The lowest BCUT2D eigenvalue weighted by atomic mass is 9.87. The van der Waals surface area contributed by atoms with Crippen molar-refractivity contribution < 1.29 is 14.3 Å². The van der Waals surface area contributed by atoms with Crippen molar-refractivity contribution in [2.75, 3.05) is 19.5 Å². The molecule has 2 heterocycles. The SMILES string of the molecule is COc1ccc([C@@H]2CC(=O)Nc3c2cnn3-c2ccc(Cl)cc2)cc1OC. The van der Waals surface area contributed by atoms with Crippen LogP contribution in [0.3, 0.4) is 0 Å². The van der Waals surface area contributed by atoms with Crippen molar-refractivity contribution in [3.8, 4) is 17.2 Å². The van der Waals surface area contributed by atoms with E-state index < -0.39 is 0 Å². The molecule has 0 unspecified atom stereocenters. The predicted octanol–water partition coefficient (Wildman–Crippen LogP) is 4.02. The number of carbonyl (C=O) groups is 1. The predicted molar refractivity (Wildman–Crippen MR) is 103 cm³/mol. The molecule has 1 aromatic heterocycles. The third-order valence-corrected chi connectivity index (χ3v) is 4.95. The van der Waals surface area contributed by atoms with Gasteiger partial charge >= 0.3 is 0 Å². The van der Waals surface area contributed by atoms with Crippen LogP contribution in [0.5, 0.6) is 11.5 Å². The van der Waals surface area contributed by atoms with E-state index in [1.54, 1.807) is 37.2 Å². The average Bonchev–Trinajstić information content (AvgIpc) is 3.11. The van der Waals surface area contributed by atoms with Gasteiger partial charge in [-0.25, -0.2) is 4.68 Å². The molecule has 0 spiro atoms. The molecule has 0 aliphatic carbocycles. The third kappa shape index (κ3) is 3.13. The summed E-state index contributed by atoms with van der Waals surface area (Å²) in [6.07, 6.45) is 2.14. The van der Waals surface area contributed by atoms with E-state index in [4.69, 9.17) is 21.1 Å². The monoisotopic (exact) mass is 383 g/mol. The maximum atomic E-state index is 12.4. The first-order valence-corrected chi connectivity index (χ1v) is 8.84. The molecule has 1 aliphatic rings. The number of nitrogens with one attached hydrogen (secondary N) is 1. The zero-order valence-corrected chi connectivity index (χ0v) is 15.7. The number of rotatable bonds is 4. The summed E-state index contributed by atoms with van der Waals surface area (Å²) in [5, 5.41) is 8.08. The van der Waals surface area contributed by atoms with Crippen LogP contribution in [0.25, 0.3) is 5.69 Å². The number of amides is 1. The summed E-state index contributed by atoms with van der Waals surface area (Å²) >= 11 is 5.97. The highest BCUT2D eigenvalue weighted by atomic mass is 35.5. The summed E-state index contributed by atoms with van der Waals surface area (Å²) in [5.41, 5.74) is 2.75. The van der Waals surface area contributed by atoms with E-state index in [1.165, 1.54) is 0 Å². The van der Waals surface area contributed by atoms with Crippen molar-refractivity contribution in [3.63, 3.8) is 0 Å². The summed E-state index contributed by atoms with van der Waals surface area (Å²) in [5.74, 6) is 1.78. The van der Waals surface area contributed by atoms with Crippen LogP contribution < -0.4 is 14.8 Å². The van der Waals surface area contributed by atoms with Gasteiger partial charge in [0.05, 0.1) is 26.1 Å². The zero-order chi connectivity index (χ0) is 19.0. The van der Waals surface area contributed by atoms with Crippen molar-refractivity contribution in [2.45, 2.75) is 12.3 Å². The molecule has 27 heavy (non-hydrogen) atoms. The molecule has 0 saturated carbocycles. The number of benzene rings is 2. The topological polar surface area (TPSA) is 65.4 Å². The van der Waals surface area contributed by atoms with Crippen LogP contribution in [-0.2, 0) is 4.79 Å². The van der Waals surface area contributed by atoms with Gasteiger partial charge in [-0.3, -0.25) is 4.79 Å². The molecule has 4 rings (SSSR count). The van der Waals surface area contributed by atoms with E-state index in [9.17, 15) is 4.79 Å². The first kappa shape index (κ1) is 17.4. The van der Waals surface area contributed by atoms with E-state index in [0.29, 0.717) is 28.8 Å². The highest BCUT2D eigenvalue weighted by Gasteiger charge is 2.31. The summed E-state index contributed by atoms with van der Waals surface area (Å²) in [6, 6.07) is 13.0. The number of halogens is 1.